The lowest BCUT2D eigenvalue weighted by molar-refractivity contribution is 0.592. The van der Waals surface area contributed by atoms with Gasteiger partial charge < -0.3 is 5.73 Å². The van der Waals surface area contributed by atoms with E-state index >= 15 is 0 Å². The topological polar surface area (TPSA) is 83.9 Å². The maximum atomic E-state index is 12.8. The number of halogens is 2. The molecule has 0 aromatic heterocycles. The van der Waals surface area contributed by atoms with Crippen molar-refractivity contribution in [3.05, 3.63) is 64.1 Å². The van der Waals surface area contributed by atoms with Crippen LogP contribution in [0, 0.1) is 11.3 Å². The van der Waals surface area contributed by atoms with E-state index in [1.54, 1.807) is 24.3 Å². The summed E-state index contributed by atoms with van der Waals surface area (Å²) in [6.45, 7) is 0. The van der Waals surface area contributed by atoms with Gasteiger partial charge in [0.1, 0.15) is 10.8 Å². The minimum Gasteiger partial charge on any atom is -0.312 e. The van der Waals surface area contributed by atoms with E-state index in [0.29, 0.717) is 15.6 Å². The van der Waals surface area contributed by atoms with Crippen LogP contribution in [-0.4, -0.2) is 19.2 Å². The molecule has 0 aliphatic heterocycles. The average Bonchev–Trinajstić information content (AvgIpc) is 3.15. The van der Waals surface area contributed by atoms with E-state index < -0.39 is 26.5 Å². The number of hydrogen-bond acceptors (Lipinski definition) is 4. The molecule has 2 N–H and O–H groups in total. The third kappa shape index (κ3) is 2.62. The minimum absolute atomic E-state index is 0.0986. The van der Waals surface area contributed by atoms with E-state index in [1.807, 2.05) is 6.07 Å². The van der Waals surface area contributed by atoms with Crippen LogP contribution in [-0.2, 0) is 9.84 Å². The lowest BCUT2D eigenvalue weighted by atomic mass is 10.1. The minimum atomic E-state index is -3.76. The van der Waals surface area contributed by atoms with E-state index in [1.165, 1.54) is 24.3 Å². The lowest BCUT2D eigenvalue weighted by Gasteiger charge is -2.04. The Morgan fingerprint density at radius 1 is 1.09 bits per heavy atom. The van der Waals surface area contributed by atoms with Gasteiger partial charge in [-0.1, -0.05) is 35.3 Å². The van der Waals surface area contributed by atoms with Crippen molar-refractivity contribution in [1.29, 1.82) is 5.26 Å². The van der Waals surface area contributed by atoms with E-state index in [2.05, 4.69) is 0 Å². The number of sulfone groups is 1. The number of hydrogen-bond donors (Lipinski definition) is 1. The zero-order chi connectivity index (χ0) is 16.8. The largest absolute Gasteiger partial charge is 0.312 e. The van der Waals surface area contributed by atoms with Gasteiger partial charge in [-0.2, -0.15) is 5.26 Å². The van der Waals surface area contributed by atoms with Crippen molar-refractivity contribution in [2.24, 2.45) is 5.73 Å². The van der Waals surface area contributed by atoms with Crippen molar-refractivity contribution >= 4 is 33.0 Å². The summed E-state index contributed by atoms with van der Waals surface area (Å²) >= 11 is 11.8. The van der Waals surface area contributed by atoms with Crippen LogP contribution in [0.1, 0.15) is 11.5 Å². The Kier molecular flexibility index (Phi) is 3.89. The number of rotatable bonds is 3. The van der Waals surface area contributed by atoms with Gasteiger partial charge in [0.2, 0.25) is 0 Å². The first-order valence-electron chi connectivity index (χ1n) is 6.76. The van der Waals surface area contributed by atoms with Crippen LogP contribution in [0.5, 0.6) is 0 Å². The van der Waals surface area contributed by atoms with Gasteiger partial charge in [-0.05, 0) is 42.0 Å². The number of nitrogens with zero attached hydrogens (tertiary/aromatic N) is 1. The van der Waals surface area contributed by atoms with E-state index in [9.17, 15) is 13.7 Å². The Labute approximate surface area is 144 Å². The molecule has 0 spiro atoms. The quantitative estimate of drug-likeness (QED) is 0.903. The standard InChI is InChI=1S/C16H12Cl2N2O2S/c17-11-4-6-13(7-5-11)23(21,22)15-14(16(15,20)9-19)10-2-1-3-12(18)8-10/h1-8,14-15H,20H2/t14-,15-,16-/m0/s1. The summed E-state index contributed by atoms with van der Waals surface area (Å²) in [5.41, 5.74) is 5.23. The third-order valence-electron chi connectivity index (χ3n) is 4.06. The molecule has 3 rings (SSSR count). The highest BCUT2D eigenvalue weighted by Gasteiger charge is 2.70. The van der Waals surface area contributed by atoms with Gasteiger partial charge in [-0.25, -0.2) is 8.42 Å². The highest BCUT2D eigenvalue weighted by atomic mass is 35.5. The first kappa shape index (κ1) is 16.3. The molecule has 1 fully saturated rings. The van der Waals surface area contributed by atoms with Gasteiger partial charge >= 0.3 is 0 Å². The van der Waals surface area contributed by atoms with Crippen molar-refractivity contribution in [3.63, 3.8) is 0 Å². The van der Waals surface area contributed by atoms with E-state index in [4.69, 9.17) is 28.9 Å². The maximum Gasteiger partial charge on any atom is 0.184 e. The Bertz CT molecular complexity index is 906. The average molecular weight is 367 g/mol. The molecule has 4 nitrogen and oxygen atoms in total. The Morgan fingerprint density at radius 3 is 2.30 bits per heavy atom. The van der Waals surface area contributed by atoms with Gasteiger partial charge in [0, 0.05) is 16.0 Å². The first-order valence-corrected chi connectivity index (χ1v) is 9.06. The predicted molar refractivity (Wildman–Crippen MR) is 89.2 cm³/mol. The molecule has 1 aliphatic rings. The Hall–Kier alpha value is -1.58. The first-order chi connectivity index (χ1) is 10.8. The molecule has 0 saturated heterocycles. The van der Waals surface area contributed by atoms with Crippen LogP contribution in [0.15, 0.2) is 53.4 Å². The lowest BCUT2D eigenvalue weighted by Crippen LogP contribution is -2.29. The molecular weight excluding hydrogens is 355 g/mol. The molecule has 0 amide bonds. The normalized spacial score (nSPS) is 26.5. The van der Waals surface area contributed by atoms with Gasteiger partial charge in [0.25, 0.3) is 0 Å². The molecule has 7 heteroatoms. The van der Waals surface area contributed by atoms with E-state index in [-0.39, 0.29) is 4.90 Å². The molecule has 2 aromatic carbocycles. The molecule has 118 valence electrons. The number of nitriles is 1. The molecular formula is C16H12Cl2N2O2S. The van der Waals surface area contributed by atoms with Crippen LogP contribution in [0.2, 0.25) is 10.0 Å². The highest BCUT2D eigenvalue weighted by molar-refractivity contribution is 7.92. The van der Waals surface area contributed by atoms with Crippen molar-refractivity contribution in [1.82, 2.24) is 0 Å². The molecule has 0 bridgehead atoms. The van der Waals surface area contributed by atoms with Crippen LogP contribution >= 0.6 is 23.2 Å². The second kappa shape index (κ2) is 5.50. The summed E-state index contributed by atoms with van der Waals surface area (Å²) < 4.78 is 25.7. The molecule has 0 radical (unpaired) electrons. The fourth-order valence-electron chi connectivity index (χ4n) is 2.86. The summed E-state index contributed by atoms with van der Waals surface area (Å²) in [7, 11) is -3.76. The Balaban J connectivity index is 2.05. The van der Waals surface area contributed by atoms with Gasteiger partial charge in [0.15, 0.2) is 9.84 Å². The fourth-order valence-corrected chi connectivity index (χ4v) is 5.37. The fraction of sp³-hybridized carbons (Fsp3) is 0.188. The van der Waals surface area contributed by atoms with Crippen molar-refractivity contribution in [2.45, 2.75) is 21.6 Å². The maximum absolute atomic E-state index is 12.8. The molecule has 0 unspecified atom stereocenters. The van der Waals surface area contributed by atoms with Crippen molar-refractivity contribution in [2.75, 3.05) is 0 Å². The second-order valence-corrected chi connectivity index (χ2v) is 8.44. The molecule has 1 saturated carbocycles. The third-order valence-corrected chi connectivity index (χ3v) is 6.80. The second-order valence-electron chi connectivity index (χ2n) is 5.50. The highest BCUT2D eigenvalue weighted by Crippen LogP contribution is 2.55. The number of nitrogens with two attached hydrogens (primary N) is 1. The molecule has 1 aliphatic carbocycles. The van der Waals surface area contributed by atoms with Gasteiger partial charge in [-0.15, -0.1) is 0 Å². The van der Waals surface area contributed by atoms with Crippen LogP contribution in [0.25, 0.3) is 0 Å². The summed E-state index contributed by atoms with van der Waals surface area (Å²) in [5, 5.41) is 9.29. The van der Waals surface area contributed by atoms with Crippen LogP contribution in [0.4, 0.5) is 0 Å². The Morgan fingerprint density at radius 2 is 1.74 bits per heavy atom. The zero-order valence-electron chi connectivity index (χ0n) is 11.8. The monoisotopic (exact) mass is 366 g/mol. The molecule has 23 heavy (non-hydrogen) atoms. The van der Waals surface area contributed by atoms with Crippen molar-refractivity contribution in [3.8, 4) is 6.07 Å². The summed E-state index contributed by atoms with van der Waals surface area (Å²) in [6, 6.07) is 14.5. The smallest absolute Gasteiger partial charge is 0.184 e. The molecule has 0 heterocycles. The summed E-state index contributed by atoms with van der Waals surface area (Å²) in [6.07, 6.45) is 0. The zero-order valence-corrected chi connectivity index (χ0v) is 14.1. The van der Waals surface area contributed by atoms with Crippen LogP contribution < -0.4 is 5.73 Å². The van der Waals surface area contributed by atoms with E-state index in [0.717, 1.165) is 0 Å². The molecule has 3 atom stereocenters. The number of benzene rings is 2. The SMILES string of the molecule is N#C[C@]1(N)[C@@H](c2cccc(Cl)c2)[C@@H]1S(=O)(=O)c1ccc(Cl)cc1. The molecule has 2 aromatic rings. The van der Waals surface area contributed by atoms with Crippen LogP contribution in [0.3, 0.4) is 0 Å². The van der Waals surface area contributed by atoms with Crippen molar-refractivity contribution < 1.29 is 8.42 Å². The van der Waals surface area contributed by atoms with Gasteiger partial charge in [0.05, 0.1) is 11.0 Å². The summed E-state index contributed by atoms with van der Waals surface area (Å²) in [5.74, 6) is -0.619. The summed E-state index contributed by atoms with van der Waals surface area (Å²) in [4.78, 5) is 0.0986. The predicted octanol–water partition coefficient (Wildman–Crippen LogP) is 3.15. The van der Waals surface area contributed by atoms with Gasteiger partial charge in [-0.3, -0.25) is 0 Å².